The Labute approximate surface area is 99.5 Å². The molecule has 16 heavy (non-hydrogen) atoms. The van der Waals surface area contributed by atoms with Gasteiger partial charge in [0.2, 0.25) is 0 Å². The molecule has 0 aliphatic heterocycles. The van der Waals surface area contributed by atoms with Gasteiger partial charge in [-0.15, -0.1) is 0 Å². The van der Waals surface area contributed by atoms with Gasteiger partial charge in [-0.2, -0.15) is 0 Å². The van der Waals surface area contributed by atoms with Crippen molar-refractivity contribution in [1.29, 1.82) is 0 Å². The number of anilines is 1. The molecule has 2 N–H and O–H groups in total. The van der Waals surface area contributed by atoms with E-state index < -0.39 is 0 Å². The number of hydrogen-bond donors (Lipinski definition) is 1. The van der Waals surface area contributed by atoms with Crippen molar-refractivity contribution < 1.29 is 0 Å². The lowest BCUT2D eigenvalue weighted by atomic mass is 9.95. The number of nitrogens with two attached hydrogens (primary N) is 1. The molecule has 0 saturated heterocycles. The van der Waals surface area contributed by atoms with E-state index in [1.807, 2.05) is 14.1 Å². The fourth-order valence-corrected chi connectivity index (χ4v) is 1.76. The zero-order valence-corrected chi connectivity index (χ0v) is 10.9. The Hall–Kier alpha value is -1.02. The molecule has 0 heterocycles. The van der Waals surface area contributed by atoms with Gasteiger partial charge in [0.15, 0.2) is 0 Å². The molecule has 2 heteroatoms. The van der Waals surface area contributed by atoms with Crippen LogP contribution in [-0.4, -0.2) is 14.1 Å². The molecule has 0 bridgehead atoms. The molecule has 0 radical (unpaired) electrons. The second-order valence-electron chi connectivity index (χ2n) is 4.84. The highest BCUT2D eigenvalue weighted by Crippen LogP contribution is 2.22. The molecule has 0 aromatic heterocycles. The van der Waals surface area contributed by atoms with Crippen molar-refractivity contribution in [2.75, 3.05) is 19.0 Å². The van der Waals surface area contributed by atoms with E-state index in [9.17, 15) is 0 Å². The molecule has 1 aromatic rings. The summed E-state index contributed by atoms with van der Waals surface area (Å²) in [5.74, 6) is 0.698. The molecular weight excluding hydrogens is 196 g/mol. The topological polar surface area (TPSA) is 29.3 Å². The second kappa shape index (κ2) is 5.90. The van der Waals surface area contributed by atoms with Crippen LogP contribution in [0.15, 0.2) is 24.3 Å². The van der Waals surface area contributed by atoms with Crippen molar-refractivity contribution in [3.8, 4) is 0 Å². The van der Waals surface area contributed by atoms with Crippen LogP contribution in [0, 0.1) is 5.92 Å². The fourth-order valence-electron chi connectivity index (χ4n) is 1.76. The van der Waals surface area contributed by atoms with Crippen molar-refractivity contribution in [3.63, 3.8) is 0 Å². The van der Waals surface area contributed by atoms with E-state index in [4.69, 9.17) is 5.73 Å². The first-order valence-electron chi connectivity index (χ1n) is 6.07. The van der Waals surface area contributed by atoms with E-state index in [0.29, 0.717) is 5.92 Å². The van der Waals surface area contributed by atoms with E-state index in [1.165, 1.54) is 17.7 Å². The third-order valence-electron chi connectivity index (χ3n) is 3.19. The average Bonchev–Trinajstić information content (AvgIpc) is 2.28. The number of benzene rings is 1. The third-order valence-corrected chi connectivity index (χ3v) is 3.19. The van der Waals surface area contributed by atoms with Gasteiger partial charge in [0.1, 0.15) is 0 Å². The largest absolute Gasteiger partial charge is 0.378 e. The molecule has 2 atom stereocenters. The number of hydrogen-bond acceptors (Lipinski definition) is 2. The van der Waals surface area contributed by atoms with E-state index >= 15 is 0 Å². The van der Waals surface area contributed by atoms with E-state index in [-0.39, 0.29) is 6.04 Å². The van der Waals surface area contributed by atoms with Crippen LogP contribution >= 0.6 is 0 Å². The quantitative estimate of drug-likeness (QED) is 0.825. The molecular formula is C14H24N2. The van der Waals surface area contributed by atoms with Gasteiger partial charge in [0.05, 0.1) is 0 Å². The van der Waals surface area contributed by atoms with Crippen molar-refractivity contribution in [1.82, 2.24) is 0 Å². The van der Waals surface area contributed by atoms with Gasteiger partial charge >= 0.3 is 0 Å². The van der Waals surface area contributed by atoms with Gasteiger partial charge in [-0.05, 0) is 30.0 Å². The maximum absolute atomic E-state index is 6.18. The molecule has 0 fully saturated rings. The first-order chi connectivity index (χ1) is 7.54. The second-order valence-corrected chi connectivity index (χ2v) is 4.84. The highest BCUT2D eigenvalue weighted by Gasteiger charge is 2.09. The fraction of sp³-hybridized carbons (Fsp3) is 0.571. The van der Waals surface area contributed by atoms with Crippen LogP contribution in [0.2, 0.25) is 0 Å². The Kier molecular flexibility index (Phi) is 4.81. The minimum absolute atomic E-state index is 0.172. The molecule has 2 unspecified atom stereocenters. The molecule has 2 nitrogen and oxygen atoms in total. The predicted octanol–water partition coefficient (Wildman–Crippen LogP) is 3.19. The van der Waals surface area contributed by atoms with Crippen molar-refractivity contribution in [2.24, 2.45) is 11.7 Å². The standard InChI is InChI=1S/C14H24N2/c1-5-11(2)10-14(15)12-6-8-13(9-7-12)16(3)4/h6-9,11,14H,5,10,15H2,1-4H3. The van der Waals surface area contributed by atoms with Crippen molar-refractivity contribution in [2.45, 2.75) is 32.7 Å². The SMILES string of the molecule is CCC(C)CC(N)c1ccc(N(C)C)cc1. The van der Waals surface area contributed by atoms with Gasteiger partial charge in [-0.1, -0.05) is 32.4 Å². The van der Waals surface area contributed by atoms with Gasteiger partial charge < -0.3 is 10.6 Å². The summed E-state index contributed by atoms with van der Waals surface area (Å²) in [6, 6.07) is 8.72. The lowest BCUT2D eigenvalue weighted by Crippen LogP contribution is -2.14. The Bertz CT molecular complexity index is 303. The van der Waals surface area contributed by atoms with Crippen molar-refractivity contribution in [3.05, 3.63) is 29.8 Å². The summed E-state index contributed by atoms with van der Waals surface area (Å²) in [6.07, 6.45) is 2.27. The lowest BCUT2D eigenvalue weighted by molar-refractivity contribution is 0.461. The summed E-state index contributed by atoms with van der Waals surface area (Å²) in [4.78, 5) is 2.10. The van der Waals surface area contributed by atoms with Gasteiger partial charge in [-0.3, -0.25) is 0 Å². The summed E-state index contributed by atoms with van der Waals surface area (Å²) in [5.41, 5.74) is 8.65. The van der Waals surface area contributed by atoms with Gasteiger partial charge in [0.25, 0.3) is 0 Å². The highest BCUT2D eigenvalue weighted by atomic mass is 15.1. The zero-order chi connectivity index (χ0) is 12.1. The van der Waals surface area contributed by atoms with Crippen LogP contribution in [0.3, 0.4) is 0 Å². The summed E-state index contributed by atoms with van der Waals surface area (Å²) in [7, 11) is 4.10. The van der Waals surface area contributed by atoms with Crippen LogP contribution in [0.4, 0.5) is 5.69 Å². The number of nitrogens with zero attached hydrogens (tertiary/aromatic N) is 1. The molecule has 0 saturated carbocycles. The Balaban J connectivity index is 2.66. The molecule has 0 amide bonds. The number of rotatable bonds is 5. The zero-order valence-electron chi connectivity index (χ0n) is 10.9. The summed E-state index contributed by atoms with van der Waals surface area (Å²) >= 11 is 0. The maximum Gasteiger partial charge on any atom is 0.0361 e. The summed E-state index contributed by atoms with van der Waals surface area (Å²) in [5, 5.41) is 0. The smallest absolute Gasteiger partial charge is 0.0361 e. The normalized spacial score (nSPS) is 14.6. The summed E-state index contributed by atoms with van der Waals surface area (Å²) in [6.45, 7) is 4.47. The van der Waals surface area contributed by atoms with E-state index in [0.717, 1.165) is 6.42 Å². The van der Waals surface area contributed by atoms with Crippen LogP contribution in [0.5, 0.6) is 0 Å². The maximum atomic E-state index is 6.18. The summed E-state index contributed by atoms with van der Waals surface area (Å²) < 4.78 is 0. The first-order valence-corrected chi connectivity index (χ1v) is 6.07. The minimum Gasteiger partial charge on any atom is -0.378 e. The Morgan fingerprint density at radius 3 is 2.19 bits per heavy atom. The lowest BCUT2D eigenvalue weighted by Gasteiger charge is -2.18. The monoisotopic (exact) mass is 220 g/mol. The predicted molar refractivity (Wildman–Crippen MR) is 71.8 cm³/mol. The molecule has 90 valence electrons. The molecule has 1 rings (SSSR count). The van der Waals surface area contributed by atoms with Crippen LogP contribution in [0.25, 0.3) is 0 Å². The van der Waals surface area contributed by atoms with E-state index in [2.05, 4.69) is 43.0 Å². The first kappa shape index (κ1) is 13.0. The van der Waals surface area contributed by atoms with Gasteiger partial charge in [-0.25, -0.2) is 0 Å². The molecule has 0 spiro atoms. The van der Waals surface area contributed by atoms with E-state index in [1.54, 1.807) is 0 Å². The third kappa shape index (κ3) is 3.53. The molecule has 1 aromatic carbocycles. The van der Waals surface area contributed by atoms with Gasteiger partial charge in [0, 0.05) is 25.8 Å². The Morgan fingerprint density at radius 2 is 1.75 bits per heavy atom. The Morgan fingerprint density at radius 1 is 1.19 bits per heavy atom. The van der Waals surface area contributed by atoms with Crippen LogP contribution in [-0.2, 0) is 0 Å². The minimum atomic E-state index is 0.172. The molecule has 0 aliphatic carbocycles. The molecule has 0 aliphatic rings. The van der Waals surface area contributed by atoms with Crippen LogP contribution in [0.1, 0.15) is 38.3 Å². The van der Waals surface area contributed by atoms with Crippen molar-refractivity contribution >= 4 is 5.69 Å². The highest BCUT2D eigenvalue weighted by molar-refractivity contribution is 5.46. The average molecular weight is 220 g/mol. The van der Waals surface area contributed by atoms with Crippen LogP contribution < -0.4 is 10.6 Å².